The van der Waals surface area contributed by atoms with E-state index in [0.717, 1.165) is 5.84 Å². The molecule has 2 heterocycles. The second kappa shape index (κ2) is 7.25. The number of aromatic hydroxyl groups is 1. The molecule has 152 valence electrons. The summed E-state index contributed by atoms with van der Waals surface area (Å²) in [5.74, 6) is 0.219. The van der Waals surface area contributed by atoms with Crippen LogP contribution in [-0.4, -0.2) is 34.8 Å². The molecule has 0 spiro atoms. The topological polar surface area (TPSA) is 118 Å². The molecule has 0 aromatic heterocycles. The summed E-state index contributed by atoms with van der Waals surface area (Å²) < 4.78 is 0.685. The molecule has 1 aromatic rings. The summed E-state index contributed by atoms with van der Waals surface area (Å²) in [6.45, 7) is 7.26. The van der Waals surface area contributed by atoms with Crippen molar-refractivity contribution < 1.29 is 14.7 Å². The van der Waals surface area contributed by atoms with Gasteiger partial charge in [0, 0.05) is 16.4 Å². The first-order valence-electron chi connectivity index (χ1n) is 9.00. The number of hydrazone groups is 1. The molecule has 2 aliphatic rings. The Morgan fingerprint density at radius 3 is 2.75 bits per heavy atom. The summed E-state index contributed by atoms with van der Waals surface area (Å²) in [4.78, 5) is 27.0. The van der Waals surface area contributed by atoms with Gasteiger partial charge in [0.2, 0.25) is 11.8 Å². The Kier molecular flexibility index (Phi) is 5.28. The molecule has 0 radical (unpaired) electrons. The van der Waals surface area contributed by atoms with Crippen molar-refractivity contribution in [2.24, 2.45) is 5.10 Å². The third-order valence-electron chi connectivity index (χ3n) is 5.00. The van der Waals surface area contributed by atoms with E-state index >= 15 is 0 Å². The normalized spacial score (nSPS) is 17.7. The van der Waals surface area contributed by atoms with Crippen LogP contribution in [0.3, 0.4) is 0 Å². The first kappa shape index (κ1) is 20.4. The number of phenols is 1. The van der Waals surface area contributed by atoms with Crippen LogP contribution in [0.5, 0.6) is 5.75 Å². The molecule has 0 aliphatic carbocycles. The van der Waals surface area contributed by atoms with Gasteiger partial charge < -0.3 is 10.4 Å². The summed E-state index contributed by atoms with van der Waals surface area (Å²) >= 11 is 3.35. The summed E-state index contributed by atoms with van der Waals surface area (Å²) in [6, 6.07) is 3.34. The SMILES string of the molecule is CC(C)(CCC1=NNNN1)NC(=O)CN1C(=O)C(C)(C)c2cc(Br)cc(O)c21. The first-order valence-corrected chi connectivity index (χ1v) is 9.79. The number of amides is 2. The van der Waals surface area contributed by atoms with Crippen molar-refractivity contribution in [1.29, 1.82) is 0 Å². The highest BCUT2D eigenvalue weighted by molar-refractivity contribution is 9.10. The molecule has 5 N–H and O–H groups in total. The van der Waals surface area contributed by atoms with Crippen molar-refractivity contribution in [2.45, 2.75) is 51.5 Å². The highest BCUT2D eigenvalue weighted by atomic mass is 79.9. The monoisotopic (exact) mass is 452 g/mol. The van der Waals surface area contributed by atoms with Gasteiger partial charge in [-0.15, -0.1) is 10.6 Å². The number of hydrazine groups is 2. The van der Waals surface area contributed by atoms with Gasteiger partial charge in [0.15, 0.2) is 0 Å². The Morgan fingerprint density at radius 2 is 2.11 bits per heavy atom. The lowest BCUT2D eigenvalue weighted by Crippen LogP contribution is -2.49. The van der Waals surface area contributed by atoms with E-state index in [0.29, 0.717) is 28.6 Å². The van der Waals surface area contributed by atoms with Crippen LogP contribution >= 0.6 is 15.9 Å². The molecule has 0 unspecified atom stereocenters. The van der Waals surface area contributed by atoms with Gasteiger partial charge in [-0.3, -0.25) is 19.9 Å². The van der Waals surface area contributed by atoms with E-state index < -0.39 is 11.0 Å². The van der Waals surface area contributed by atoms with Gasteiger partial charge in [0.25, 0.3) is 0 Å². The average Bonchev–Trinajstić information content (AvgIpc) is 3.15. The number of carbonyl (C=O) groups is 2. The Bertz CT molecular complexity index is 852. The molecule has 2 amide bonds. The van der Waals surface area contributed by atoms with Crippen molar-refractivity contribution in [3.05, 3.63) is 22.2 Å². The molecule has 1 aromatic carbocycles. The summed E-state index contributed by atoms with van der Waals surface area (Å²) in [6.07, 6.45) is 1.29. The van der Waals surface area contributed by atoms with Crippen LogP contribution in [0.2, 0.25) is 0 Å². The molecule has 28 heavy (non-hydrogen) atoms. The number of benzene rings is 1. The third kappa shape index (κ3) is 3.93. The number of nitrogens with zero attached hydrogens (tertiary/aromatic N) is 2. The molecule has 0 saturated carbocycles. The fourth-order valence-electron chi connectivity index (χ4n) is 3.45. The highest BCUT2D eigenvalue weighted by Crippen LogP contribution is 2.47. The zero-order valence-corrected chi connectivity index (χ0v) is 17.9. The number of anilines is 1. The lowest BCUT2D eigenvalue weighted by molar-refractivity contribution is -0.126. The molecule has 0 bridgehead atoms. The molecule has 2 aliphatic heterocycles. The molecule has 3 rings (SSSR count). The number of phenolic OH excluding ortho intramolecular Hbond substituents is 1. The van der Waals surface area contributed by atoms with Crippen molar-refractivity contribution in [3.63, 3.8) is 0 Å². The molecular formula is C18H25BrN6O3. The highest BCUT2D eigenvalue weighted by Gasteiger charge is 2.46. The first-order chi connectivity index (χ1) is 13.0. The molecule has 9 nitrogen and oxygen atoms in total. The van der Waals surface area contributed by atoms with Crippen LogP contribution in [0.25, 0.3) is 0 Å². The molecule has 0 atom stereocenters. The molecule has 0 fully saturated rings. The van der Waals surface area contributed by atoms with Crippen LogP contribution < -0.4 is 26.7 Å². The second-order valence-electron chi connectivity index (χ2n) is 8.19. The fourth-order valence-corrected chi connectivity index (χ4v) is 3.89. The van der Waals surface area contributed by atoms with Crippen LogP contribution in [0.4, 0.5) is 5.69 Å². The number of hydrogen-bond acceptors (Lipinski definition) is 7. The smallest absolute Gasteiger partial charge is 0.240 e. The number of halogens is 1. The van der Waals surface area contributed by atoms with Gasteiger partial charge in [-0.05, 0) is 51.8 Å². The summed E-state index contributed by atoms with van der Waals surface area (Å²) in [5, 5.41) is 17.4. The Morgan fingerprint density at radius 1 is 1.39 bits per heavy atom. The van der Waals surface area contributed by atoms with Gasteiger partial charge in [-0.25, -0.2) is 5.53 Å². The predicted octanol–water partition coefficient (Wildman–Crippen LogP) is 1.38. The third-order valence-corrected chi connectivity index (χ3v) is 5.46. The number of rotatable bonds is 6. The number of amidine groups is 1. The Balaban J connectivity index is 1.71. The van der Waals surface area contributed by atoms with E-state index in [9.17, 15) is 14.7 Å². The predicted molar refractivity (Wildman–Crippen MR) is 109 cm³/mol. The quantitative estimate of drug-likeness (QED) is 0.444. The zero-order valence-electron chi connectivity index (χ0n) is 16.3. The van der Waals surface area contributed by atoms with E-state index in [-0.39, 0.29) is 24.1 Å². The van der Waals surface area contributed by atoms with Crippen LogP contribution in [0.15, 0.2) is 21.7 Å². The average molecular weight is 453 g/mol. The standard InChI is InChI=1S/C18H25BrN6O3/c1-17(2,6-5-13-21-23-24-22-13)20-14(27)9-25-15-11(18(3,4)16(25)28)7-10(19)8-12(15)26/h7-8,23-24,26H,5-6,9H2,1-4H3,(H,20,27)(H,21,22). The van der Waals surface area contributed by atoms with Crippen molar-refractivity contribution in [3.8, 4) is 5.75 Å². The van der Waals surface area contributed by atoms with Crippen LogP contribution in [0, 0.1) is 0 Å². The minimum Gasteiger partial charge on any atom is -0.506 e. The largest absolute Gasteiger partial charge is 0.506 e. The Hall–Kier alpha value is -2.33. The van der Waals surface area contributed by atoms with Gasteiger partial charge in [-0.1, -0.05) is 15.9 Å². The Labute approximate surface area is 172 Å². The van der Waals surface area contributed by atoms with Crippen LogP contribution in [0.1, 0.15) is 46.1 Å². The van der Waals surface area contributed by atoms with Gasteiger partial charge in [0.1, 0.15) is 18.1 Å². The zero-order chi connectivity index (χ0) is 20.7. The molecule has 0 saturated heterocycles. The van der Waals surface area contributed by atoms with E-state index in [1.807, 2.05) is 19.9 Å². The number of hydrogen-bond donors (Lipinski definition) is 5. The van der Waals surface area contributed by atoms with E-state index in [1.54, 1.807) is 13.8 Å². The lowest BCUT2D eigenvalue weighted by Gasteiger charge is -2.28. The number of carbonyl (C=O) groups excluding carboxylic acids is 2. The summed E-state index contributed by atoms with van der Waals surface area (Å²) in [7, 11) is 0. The van der Waals surface area contributed by atoms with Crippen molar-refractivity contribution in [1.82, 2.24) is 21.8 Å². The maximum absolute atomic E-state index is 12.9. The lowest BCUT2D eigenvalue weighted by atomic mass is 9.86. The van der Waals surface area contributed by atoms with Gasteiger partial charge in [0.05, 0.1) is 11.1 Å². The van der Waals surface area contributed by atoms with Crippen molar-refractivity contribution in [2.75, 3.05) is 11.4 Å². The van der Waals surface area contributed by atoms with Crippen molar-refractivity contribution >= 4 is 39.3 Å². The van der Waals surface area contributed by atoms with Gasteiger partial charge in [-0.2, -0.15) is 0 Å². The molecular weight excluding hydrogens is 428 g/mol. The minimum atomic E-state index is -0.821. The van der Waals surface area contributed by atoms with Crippen LogP contribution in [-0.2, 0) is 15.0 Å². The van der Waals surface area contributed by atoms with E-state index in [2.05, 4.69) is 42.8 Å². The van der Waals surface area contributed by atoms with E-state index in [4.69, 9.17) is 0 Å². The maximum Gasteiger partial charge on any atom is 0.240 e. The fraction of sp³-hybridized carbons (Fsp3) is 0.500. The van der Waals surface area contributed by atoms with Gasteiger partial charge >= 0.3 is 0 Å². The minimum absolute atomic E-state index is 0.0271. The molecule has 10 heteroatoms. The number of nitrogens with one attached hydrogen (secondary N) is 4. The maximum atomic E-state index is 12.9. The second-order valence-corrected chi connectivity index (χ2v) is 9.11. The van der Waals surface area contributed by atoms with E-state index in [1.165, 1.54) is 11.0 Å². The summed E-state index contributed by atoms with van der Waals surface area (Å²) in [5.41, 5.74) is 7.91. The number of fused-ring (bicyclic) bond motifs is 1.